The summed E-state index contributed by atoms with van der Waals surface area (Å²) in [5.41, 5.74) is 7.37. The van der Waals surface area contributed by atoms with E-state index in [0.717, 1.165) is 61.6 Å². The topological polar surface area (TPSA) is 258 Å². The van der Waals surface area contributed by atoms with Gasteiger partial charge in [0.1, 0.15) is 32.0 Å². The highest BCUT2D eigenvalue weighted by Crippen LogP contribution is 2.36. The highest BCUT2D eigenvalue weighted by atomic mass is 35.5. The minimum absolute atomic E-state index is 0. The van der Waals surface area contributed by atoms with Crippen LogP contribution in [-0.4, -0.2) is 207 Å². The first-order valence-corrected chi connectivity index (χ1v) is 28.7. The molecule has 6 saturated heterocycles. The molecular weight excluding hydrogens is 1050 g/mol. The SMILES string of the molecule is C.C1CN2CCN1CC2.CC1=C(C)CC(C(=O)c2cnccc2N[C@@H]2C[C@H](CO)[C@@H](O)[C@@H]2F)=C1.CC1=C(C)CC(C(=O)c2cnccc2N[C@@H]2C[C@H](COS(N)(=O)=O)[C@@H](O)[C@@H]2F)=C1.CS(=O)(=O)[N+]12CCN(CC1)CC2.Cl. The van der Waals surface area contributed by atoms with E-state index in [-0.39, 0.29) is 44.4 Å². The lowest BCUT2D eigenvalue weighted by Crippen LogP contribution is -2.68. The number of carbonyl (C=O) groups is 2. The van der Waals surface area contributed by atoms with Crippen molar-refractivity contribution in [2.45, 2.75) is 97.4 Å². The summed E-state index contributed by atoms with van der Waals surface area (Å²) >= 11 is 0. The number of Topliss-reactive ketones (excluding diaryl/α,β-unsaturated/α-hetero) is 2. The second-order valence-electron chi connectivity index (χ2n) is 20.9. The summed E-state index contributed by atoms with van der Waals surface area (Å²) < 4.78 is 78.7. The first-order valence-electron chi connectivity index (χ1n) is 25.4. The minimum atomic E-state index is -4.18. The molecule has 0 amide bonds. The van der Waals surface area contributed by atoms with Crippen molar-refractivity contribution in [3.8, 4) is 0 Å². The fourth-order valence-electron chi connectivity index (χ4n) is 10.8. The van der Waals surface area contributed by atoms with Crippen molar-refractivity contribution in [3.63, 3.8) is 0 Å². The number of anilines is 2. The molecule has 76 heavy (non-hydrogen) atoms. The van der Waals surface area contributed by atoms with Gasteiger partial charge in [-0.25, -0.2) is 17.8 Å². The smallest absolute Gasteiger partial charge is 0.333 e. The molecule has 8 fully saturated rings. The molecule has 24 heteroatoms. The second kappa shape index (κ2) is 26.7. The van der Waals surface area contributed by atoms with Gasteiger partial charge >= 0.3 is 10.3 Å². The number of aliphatic hydroxyl groups excluding tert-OH is 3. The molecule has 2 aromatic rings. The summed E-state index contributed by atoms with van der Waals surface area (Å²) in [6.45, 7) is 20.3. The number of nitrogens with zero attached hydrogens (tertiary/aromatic N) is 6. The van der Waals surface area contributed by atoms with Crippen LogP contribution in [0, 0.1) is 11.8 Å². The minimum Gasteiger partial charge on any atom is -0.396 e. The maximum Gasteiger partial charge on any atom is 0.333 e. The number of pyridine rings is 2. The number of aromatic nitrogens is 2. The van der Waals surface area contributed by atoms with Crippen LogP contribution in [0.2, 0.25) is 0 Å². The van der Waals surface area contributed by atoms with E-state index in [1.807, 2.05) is 39.8 Å². The number of rotatable bonds is 13. The van der Waals surface area contributed by atoms with Crippen molar-refractivity contribution >= 4 is 55.7 Å². The average Bonchev–Trinajstić information content (AvgIpc) is 4.09. The molecule has 19 nitrogen and oxygen atoms in total. The van der Waals surface area contributed by atoms with Gasteiger partial charge < -0.3 is 26.0 Å². The number of nitrogens with two attached hydrogens (primary N) is 1. The van der Waals surface area contributed by atoms with Gasteiger partial charge in [-0.1, -0.05) is 41.9 Å². The van der Waals surface area contributed by atoms with E-state index in [9.17, 15) is 50.5 Å². The Bertz CT molecular complexity index is 2700. The van der Waals surface area contributed by atoms with E-state index in [4.69, 9.17) is 5.14 Å². The van der Waals surface area contributed by atoms with E-state index in [1.165, 1.54) is 64.1 Å². The van der Waals surface area contributed by atoms with Crippen LogP contribution in [0.1, 0.15) is 81.5 Å². The Morgan fingerprint density at radius 1 is 0.711 bits per heavy atom. The van der Waals surface area contributed by atoms with Crippen molar-refractivity contribution in [1.29, 1.82) is 0 Å². The number of aliphatic hydroxyl groups is 3. The van der Waals surface area contributed by atoms with Gasteiger partial charge in [0.05, 0.1) is 48.3 Å². The van der Waals surface area contributed by atoms with Crippen LogP contribution in [0.5, 0.6) is 0 Å². The van der Waals surface area contributed by atoms with Crippen molar-refractivity contribution in [2.24, 2.45) is 17.0 Å². The number of hydrogen-bond donors (Lipinski definition) is 6. The quantitative estimate of drug-likeness (QED) is 0.123. The molecular formula is C52H79ClF2N9O10S2+. The molecule has 6 aliphatic heterocycles. The molecule has 0 spiro atoms. The standard InChI is InChI=1S/C19H24FN3O5S.C19H23FN2O3.C7H15N2O2S.C6H12N2.CH4.ClH/c1-10-5-12(6-11(10)2)18(24)14-8-22-4-3-15(14)23-16-7-13(19(25)17(16)20)9-28-29(21,26)27;1-10-5-12(6-11(10)2)18(24)14-8-21-4-3-15(14)22-16-7-13(9-23)19(25)17(16)20;1-12(10,11)9-5-2-8(3-6-9)4-7-9;1-2-8-5-3-7(1)4-6-8;;/h3-5,8,13,16-17,19,25H,6-7,9H2,1-2H3,(H,22,23)(H2,21,26,27);3-5,8,13,16-17,19,23,25H,6-7,9H2,1-2H3,(H,21,22);2-7H2,1H3;1-6H2;1H4;1H/q;;+1;;;/t2*13-,16-,17-,19-;;;;/m11..../s1. The number of ketones is 2. The van der Waals surface area contributed by atoms with Gasteiger partial charge in [0.15, 0.2) is 11.6 Å². The lowest BCUT2D eigenvalue weighted by molar-refractivity contribution is -0.823. The van der Waals surface area contributed by atoms with Gasteiger partial charge in [0, 0.05) is 125 Å². The fourth-order valence-corrected chi connectivity index (χ4v) is 12.4. The van der Waals surface area contributed by atoms with Gasteiger partial charge in [-0.05, 0) is 65.5 Å². The molecule has 0 unspecified atom stereocenters. The Hall–Kier alpha value is -4.11. The third-order valence-corrected chi connectivity index (χ3v) is 18.4. The zero-order chi connectivity index (χ0) is 53.7. The van der Waals surface area contributed by atoms with Gasteiger partial charge in [0.2, 0.25) is 0 Å². The highest BCUT2D eigenvalue weighted by Gasteiger charge is 2.47. The Kier molecular flexibility index (Phi) is 22.0. The zero-order valence-electron chi connectivity index (χ0n) is 43.4. The molecule has 12 rings (SSSR count). The monoisotopic (exact) mass is 1130 g/mol. The summed E-state index contributed by atoms with van der Waals surface area (Å²) in [5.74, 6) is -1.58. The maximum absolute atomic E-state index is 14.6. The van der Waals surface area contributed by atoms with E-state index < -0.39 is 75.4 Å². The Morgan fingerprint density at radius 2 is 1.09 bits per heavy atom. The summed E-state index contributed by atoms with van der Waals surface area (Å²) in [5, 5.41) is 40.0. The predicted octanol–water partition coefficient (Wildman–Crippen LogP) is 3.84. The molecule has 4 bridgehead atoms. The van der Waals surface area contributed by atoms with Gasteiger partial charge in [0.25, 0.3) is 10.0 Å². The summed E-state index contributed by atoms with van der Waals surface area (Å²) in [6.07, 6.45) is 6.82. The molecule has 4 aliphatic carbocycles. The number of carbonyl (C=O) groups excluding carboxylic acids is 2. The van der Waals surface area contributed by atoms with Crippen LogP contribution in [0.25, 0.3) is 0 Å². The Morgan fingerprint density at radius 3 is 1.41 bits per heavy atom. The number of hydrogen-bond acceptors (Lipinski definition) is 17. The molecule has 10 aliphatic rings. The highest BCUT2D eigenvalue weighted by molar-refractivity contribution is 7.85. The number of fused-ring (bicyclic) bond motifs is 6. The second-order valence-corrected chi connectivity index (χ2v) is 24.4. The normalized spacial score (nSPS) is 31.3. The number of halogens is 3. The first-order chi connectivity index (χ1) is 35.0. The lowest BCUT2D eigenvalue weighted by atomic mass is 10.0. The van der Waals surface area contributed by atoms with Crippen LogP contribution < -0.4 is 15.8 Å². The van der Waals surface area contributed by atoms with Gasteiger partial charge in [-0.15, -0.1) is 12.4 Å². The molecule has 8 heterocycles. The molecule has 2 aromatic heterocycles. The number of piperazine rings is 6. The third kappa shape index (κ3) is 15.2. The third-order valence-electron chi connectivity index (χ3n) is 16.0. The summed E-state index contributed by atoms with van der Waals surface area (Å²) in [4.78, 5) is 41.2. The Labute approximate surface area is 453 Å². The van der Waals surface area contributed by atoms with E-state index in [1.54, 1.807) is 18.3 Å². The van der Waals surface area contributed by atoms with Crippen molar-refractivity contribution in [1.82, 2.24) is 24.7 Å². The van der Waals surface area contributed by atoms with Crippen LogP contribution in [0.4, 0.5) is 20.2 Å². The predicted molar refractivity (Wildman–Crippen MR) is 291 cm³/mol. The van der Waals surface area contributed by atoms with Crippen molar-refractivity contribution in [3.05, 3.63) is 93.6 Å². The summed E-state index contributed by atoms with van der Waals surface area (Å²) in [6, 6.07) is 1.73. The number of nitrogens with one attached hydrogen (secondary N) is 2. The average molecular weight is 1130 g/mol. The lowest BCUT2D eigenvalue weighted by Gasteiger charge is -2.47. The maximum atomic E-state index is 14.6. The van der Waals surface area contributed by atoms with Crippen LogP contribution in [0.3, 0.4) is 0 Å². The number of alkyl halides is 2. The molecule has 0 aromatic carbocycles. The van der Waals surface area contributed by atoms with Crippen LogP contribution in [0.15, 0.2) is 82.5 Å². The van der Waals surface area contributed by atoms with E-state index in [0.29, 0.717) is 56.8 Å². The van der Waals surface area contributed by atoms with Gasteiger partial charge in [-0.3, -0.25) is 38.4 Å². The van der Waals surface area contributed by atoms with Crippen molar-refractivity contribution < 1.29 is 58.6 Å². The molecule has 8 atom stereocenters. The van der Waals surface area contributed by atoms with E-state index >= 15 is 0 Å². The molecule has 7 N–H and O–H groups in total. The van der Waals surface area contributed by atoms with Crippen LogP contribution >= 0.6 is 12.4 Å². The Balaban J connectivity index is 0.000000203. The molecule has 2 saturated carbocycles. The number of sulfonamides is 1. The molecule has 0 radical (unpaired) electrons. The van der Waals surface area contributed by atoms with E-state index in [2.05, 4.69) is 39.5 Å². The zero-order valence-corrected chi connectivity index (χ0v) is 45.9. The van der Waals surface area contributed by atoms with Crippen molar-refractivity contribution in [2.75, 3.05) is 109 Å². The first kappa shape index (κ1) is 62.7. The number of allylic oxidation sites excluding steroid dienone is 8. The number of quaternary nitrogens is 1. The van der Waals surface area contributed by atoms with Crippen LogP contribution in [-0.2, 0) is 24.5 Å². The molecule has 424 valence electrons. The largest absolute Gasteiger partial charge is 0.396 e. The van der Waals surface area contributed by atoms with Gasteiger partial charge in [-0.2, -0.15) is 16.8 Å². The fraction of sp³-hybridized carbons (Fsp3) is 0.615. The summed E-state index contributed by atoms with van der Waals surface area (Å²) in [7, 11) is -7.07.